The van der Waals surface area contributed by atoms with E-state index in [-0.39, 0.29) is 0 Å². The Bertz CT molecular complexity index is 729. The lowest BCUT2D eigenvalue weighted by Gasteiger charge is -2.52. The topological polar surface area (TPSA) is 306 Å². The highest BCUT2D eigenvalue weighted by Gasteiger charge is 2.60. The van der Waals surface area contributed by atoms with Crippen LogP contribution in [0.3, 0.4) is 0 Å². The molecule has 0 aliphatic carbocycles. The van der Waals surface area contributed by atoms with Crippen LogP contribution in [0.2, 0.25) is 0 Å². The summed E-state index contributed by atoms with van der Waals surface area (Å²) in [7, 11) is 0. The molecule has 36 heavy (non-hydrogen) atoms. The van der Waals surface area contributed by atoms with Crippen LogP contribution in [0.25, 0.3) is 0 Å². The minimum atomic E-state index is -2.97. The molecule has 3 fully saturated rings. The van der Waals surface area contributed by atoms with E-state index in [0.717, 1.165) is 0 Å². The largest absolute Gasteiger partial charge is 0.394 e. The fraction of sp³-hybridized carbons (Fsp3) is 1.00. The summed E-state index contributed by atoms with van der Waals surface area (Å²) in [6.45, 7) is -1.14. The second-order valence-electron chi connectivity index (χ2n) is 9.48. The average molecular weight is 532 g/mol. The van der Waals surface area contributed by atoms with Crippen molar-refractivity contribution in [2.45, 2.75) is 98.0 Å². The molecule has 0 radical (unpaired) electrons. The van der Waals surface area contributed by atoms with Gasteiger partial charge in [0.25, 0.3) is 0 Å². The van der Waals surface area contributed by atoms with Gasteiger partial charge in [0.15, 0.2) is 18.9 Å². The Morgan fingerprint density at radius 1 is 0.778 bits per heavy atom. The van der Waals surface area contributed by atoms with E-state index in [4.69, 9.17) is 40.9 Å². The Balaban J connectivity index is 1.77. The van der Waals surface area contributed by atoms with E-state index in [1.807, 2.05) is 0 Å². The normalized spacial score (nSPS) is 51.8. The lowest BCUT2D eigenvalue weighted by Crippen LogP contribution is -2.75. The van der Waals surface area contributed by atoms with E-state index in [2.05, 4.69) is 0 Å². The average Bonchev–Trinajstić information content (AvgIpc) is 2.85. The molecule has 0 aromatic rings. The van der Waals surface area contributed by atoms with E-state index in [1.165, 1.54) is 6.92 Å². The molecule has 3 saturated heterocycles. The third kappa shape index (κ3) is 5.26. The van der Waals surface area contributed by atoms with Crippen molar-refractivity contribution < 1.29 is 69.6 Å². The van der Waals surface area contributed by atoms with Gasteiger partial charge in [0.2, 0.25) is 5.79 Å². The van der Waals surface area contributed by atoms with Gasteiger partial charge in [-0.05, 0) is 6.92 Å². The molecule has 3 rings (SSSR count). The third-order valence-electron chi connectivity index (χ3n) is 6.87. The standard InChI is InChI=1S/C19H37N3O14/c1-18(4-25)17(29)19(30,31)13(22)16(36-18)35-12-6(3-24)33-15(8(21)10(12)27)34-11-5(2-23)32-14(28)7(20)9(11)26/h5-17,23-31H,2-4,20-22H2,1H3/t5-,6-,7-,8-,9-,10-,11?,12?,13-,14-,15+,16+,17+,18-/m1/s1. The van der Waals surface area contributed by atoms with Crippen molar-refractivity contribution in [3.05, 3.63) is 0 Å². The van der Waals surface area contributed by atoms with Crippen molar-refractivity contribution in [3.63, 3.8) is 0 Å². The van der Waals surface area contributed by atoms with E-state index < -0.39 is 111 Å². The number of ether oxygens (including phenoxy) is 5. The van der Waals surface area contributed by atoms with Crippen molar-refractivity contribution in [3.8, 4) is 0 Å². The number of aliphatic hydroxyl groups is 9. The van der Waals surface area contributed by atoms with Crippen molar-refractivity contribution in [1.29, 1.82) is 0 Å². The van der Waals surface area contributed by atoms with Crippen LogP contribution in [0.1, 0.15) is 6.92 Å². The minimum absolute atomic E-state index is 0.679. The van der Waals surface area contributed by atoms with Gasteiger partial charge in [-0.15, -0.1) is 0 Å². The Morgan fingerprint density at radius 2 is 1.28 bits per heavy atom. The third-order valence-corrected chi connectivity index (χ3v) is 6.87. The van der Waals surface area contributed by atoms with Crippen LogP contribution >= 0.6 is 0 Å². The van der Waals surface area contributed by atoms with E-state index in [1.54, 1.807) is 0 Å². The Hall–Kier alpha value is -0.680. The van der Waals surface area contributed by atoms with Gasteiger partial charge in [-0.1, -0.05) is 0 Å². The number of hydrogen-bond acceptors (Lipinski definition) is 17. The highest BCUT2D eigenvalue weighted by atomic mass is 16.7. The van der Waals surface area contributed by atoms with E-state index in [0.29, 0.717) is 0 Å². The van der Waals surface area contributed by atoms with Crippen molar-refractivity contribution in [1.82, 2.24) is 0 Å². The fourth-order valence-electron chi connectivity index (χ4n) is 4.43. The van der Waals surface area contributed by atoms with Crippen LogP contribution in [-0.2, 0) is 23.7 Å². The predicted molar refractivity (Wildman–Crippen MR) is 113 cm³/mol. The van der Waals surface area contributed by atoms with E-state index in [9.17, 15) is 46.0 Å². The molecule has 17 nitrogen and oxygen atoms in total. The molecule has 14 atom stereocenters. The second-order valence-corrected chi connectivity index (χ2v) is 9.48. The van der Waals surface area contributed by atoms with Crippen LogP contribution in [0.4, 0.5) is 0 Å². The Kier molecular flexibility index (Phi) is 9.30. The number of nitrogens with two attached hydrogens (primary N) is 3. The second kappa shape index (κ2) is 11.2. The van der Waals surface area contributed by atoms with Crippen LogP contribution in [0, 0.1) is 0 Å². The summed E-state index contributed by atoms with van der Waals surface area (Å²) in [5.74, 6) is -2.97. The van der Waals surface area contributed by atoms with Crippen LogP contribution < -0.4 is 17.2 Å². The molecule has 0 bridgehead atoms. The lowest BCUT2D eigenvalue weighted by molar-refractivity contribution is -0.398. The summed E-state index contributed by atoms with van der Waals surface area (Å²) < 4.78 is 27.5. The zero-order valence-electron chi connectivity index (χ0n) is 19.4. The number of aliphatic hydroxyl groups excluding tert-OH is 7. The molecule has 3 heterocycles. The maximum atomic E-state index is 10.9. The first kappa shape index (κ1) is 29.9. The molecule has 2 unspecified atom stereocenters. The predicted octanol–water partition coefficient (Wildman–Crippen LogP) is -7.96. The van der Waals surface area contributed by atoms with Gasteiger partial charge in [0.1, 0.15) is 54.4 Å². The molecule has 3 aliphatic rings. The molecule has 17 heteroatoms. The Labute approximate surface area is 205 Å². The summed E-state index contributed by atoms with van der Waals surface area (Å²) in [6.07, 6.45) is -15.5. The smallest absolute Gasteiger partial charge is 0.213 e. The van der Waals surface area contributed by atoms with Gasteiger partial charge in [-0.25, -0.2) is 0 Å². The first-order chi connectivity index (χ1) is 16.7. The first-order valence-electron chi connectivity index (χ1n) is 11.3. The molecule has 212 valence electrons. The Morgan fingerprint density at radius 3 is 1.81 bits per heavy atom. The zero-order chi connectivity index (χ0) is 27.2. The molecule has 0 amide bonds. The van der Waals surface area contributed by atoms with Crippen LogP contribution in [-0.4, -0.2) is 157 Å². The fourth-order valence-corrected chi connectivity index (χ4v) is 4.43. The molecule has 0 aromatic carbocycles. The highest BCUT2D eigenvalue weighted by Crippen LogP contribution is 2.36. The molecule has 0 saturated carbocycles. The summed E-state index contributed by atoms with van der Waals surface area (Å²) in [5.41, 5.74) is 15.6. The monoisotopic (exact) mass is 531 g/mol. The summed E-state index contributed by atoms with van der Waals surface area (Å²) in [4.78, 5) is 0. The van der Waals surface area contributed by atoms with Crippen molar-refractivity contribution >= 4 is 0 Å². The minimum Gasteiger partial charge on any atom is -0.394 e. The molecular formula is C19H37N3O14. The van der Waals surface area contributed by atoms with Gasteiger partial charge < -0.3 is 86.8 Å². The maximum absolute atomic E-state index is 10.9. The lowest BCUT2D eigenvalue weighted by atomic mass is 9.85. The molecular weight excluding hydrogens is 494 g/mol. The summed E-state index contributed by atoms with van der Waals surface area (Å²) in [5, 5.41) is 90.8. The van der Waals surface area contributed by atoms with Gasteiger partial charge in [-0.3, -0.25) is 0 Å². The van der Waals surface area contributed by atoms with Crippen LogP contribution in [0.15, 0.2) is 0 Å². The van der Waals surface area contributed by atoms with E-state index >= 15 is 0 Å². The van der Waals surface area contributed by atoms with Gasteiger partial charge in [0, 0.05) is 0 Å². The summed E-state index contributed by atoms with van der Waals surface area (Å²) >= 11 is 0. The quantitative estimate of drug-likeness (QED) is 0.136. The first-order valence-corrected chi connectivity index (χ1v) is 11.3. The van der Waals surface area contributed by atoms with Gasteiger partial charge in [0.05, 0.1) is 31.9 Å². The van der Waals surface area contributed by atoms with Gasteiger partial charge >= 0.3 is 0 Å². The van der Waals surface area contributed by atoms with Crippen molar-refractivity contribution in [2.24, 2.45) is 17.2 Å². The molecule has 15 N–H and O–H groups in total. The number of hydrogen-bond donors (Lipinski definition) is 12. The summed E-state index contributed by atoms with van der Waals surface area (Å²) in [6, 6.07) is -4.50. The SMILES string of the molecule is C[C@]1(CO)O[C@H](OC2[C@@H](CO)O[C@@H](OC3[C@@H](CO)O[C@@H](O)[C@H](N)[C@H]3O)[C@H](N)[C@H]2O)[C@@H](N)C(O)(O)[C@H]1O. The molecule has 0 aromatic heterocycles. The van der Waals surface area contributed by atoms with Crippen molar-refractivity contribution in [2.75, 3.05) is 19.8 Å². The number of rotatable bonds is 7. The maximum Gasteiger partial charge on any atom is 0.213 e. The molecule has 0 spiro atoms. The highest BCUT2D eigenvalue weighted by molar-refractivity contribution is 5.04. The van der Waals surface area contributed by atoms with Crippen LogP contribution in [0.5, 0.6) is 0 Å². The molecule has 3 aliphatic heterocycles. The van der Waals surface area contributed by atoms with Gasteiger partial charge in [-0.2, -0.15) is 0 Å². The zero-order valence-corrected chi connectivity index (χ0v) is 19.4.